The minimum absolute atomic E-state index is 0.915. The lowest BCUT2D eigenvalue weighted by Gasteiger charge is -2.17. The molecule has 3 heterocycles. The zero-order valence-electron chi connectivity index (χ0n) is 31.2. The molecule has 0 bridgehead atoms. The average Bonchev–Trinajstić information content (AvgIpc) is 3.81. The maximum atomic E-state index is 6.65. The second kappa shape index (κ2) is 11.4. The Balaban J connectivity index is 1.25. The number of hydrogen-bond donors (Lipinski definition) is 0. The summed E-state index contributed by atoms with van der Waals surface area (Å²) in [4.78, 5) is 0. The van der Waals surface area contributed by atoms with Crippen LogP contribution in [0.25, 0.3) is 88.1 Å². The van der Waals surface area contributed by atoms with Gasteiger partial charge < -0.3 is 13.6 Å². The largest absolute Gasteiger partial charge is 0.454 e. The first-order chi connectivity index (χ1) is 25.5. The molecule has 3 nitrogen and oxygen atoms in total. The van der Waals surface area contributed by atoms with Crippen LogP contribution in [-0.4, -0.2) is 25.3 Å². The summed E-state index contributed by atoms with van der Waals surface area (Å²) in [5.41, 5.74) is 11.4. The summed E-state index contributed by atoms with van der Waals surface area (Å²) in [5, 5.41) is 10.4. The Labute approximate surface area is 311 Å². The van der Waals surface area contributed by atoms with E-state index < -0.39 is 16.1 Å². The third-order valence-corrected chi connectivity index (χ3v) is 15.3. The molecule has 258 valence electrons. The van der Waals surface area contributed by atoms with Crippen LogP contribution in [0.1, 0.15) is 0 Å². The fraction of sp³-hybridized carbons (Fsp3) is 0.125. The predicted octanol–water partition coefficient (Wildman–Crippen LogP) is 12.5. The number of nitrogens with zero attached hydrogens (tertiary/aromatic N) is 2. The standard InChI is InChI=1S/C48H42N2OSi2/c1-52(2,3)34-22-26-44-40(29-34)36-23-19-32(28-46(36)50(44)45-17-12-16-38-37-15-10-11-18-47(37)51-48(38)45)31-20-24-42-39(27-31)41-30-35(53(4,5)6)21-25-43(41)49(42)33-13-8-7-9-14-33/h7-30H,1-6H3. The number of furan rings is 1. The van der Waals surface area contributed by atoms with Gasteiger partial charge in [-0.15, -0.1) is 0 Å². The molecule has 10 aromatic rings. The summed E-state index contributed by atoms with van der Waals surface area (Å²) in [6, 6.07) is 54.1. The summed E-state index contributed by atoms with van der Waals surface area (Å²) in [5.74, 6) is 0. The van der Waals surface area contributed by atoms with Crippen molar-refractivity contribution in [1.29, 1.82) is 0 Å². The van der Waals surface area contributed by atoms with E-state index in [-0.39, 0.29) is 0 Å². The quantitative estimate of drug-likeness (QED) is 0.163. The van der Waals surface area contributed by atoms with Gasteiger partial charge in [-0.3, -0.25) is 0 Å². The lowest BCUT2D eigenvalue weighted by Crippen LogP contribution is -2.37. The highest BCUT2D eigenvalue weighted by Crippen LogP contribution is 2.40. The number of hydrogen-bond acceptors (Lipinski definition) is 1. The molecule has 3 aromatic heterocycles. The summed E-state index contributed by atoms with van der Waals surface area (Å²) in [7, 11) is -3.09. The summed E-state index contributed by atoms with van der Waals surface area (Å²) < 4.78 is 11.5. The fourth-order valence-corrected chi connectivity index (χ4v) is 10.7. The van der Waals surface area contributed by atoms with Crippen molar-refractivity contribution in [2.75, 3.05) is 0 Å². The number of para-hydroxylation sites is 3. The molecule has 0 atom stereocenters. The smallest absolute Gasteiger partial charge is 0.159 e. The monoisotopic (exact) mass is 718 g/mol. The van der Waals surface area contributed by atoms with Crippen molar-refractivity contribution in [2.24, 2.45) is 0 Å². The molecule has 7 aromatic carbocycles. The SMILES string of the molecule is C[Si](C)(C)c1ccc2c(c1)c1cc(-c3ccc4c5cc([Si](C)(C)C)ccc5n(-c5cccc6c5oc5ccccc56)c4c3)ccc1n2-c1ccccc1. The van der Waals surface area contributed by atoms with E-state index in [2.05, 4.69) is 194 Å². The number of rotatable bonds is 5. The molecule has 0 saturated heterocycles. The number of aromatic nitrogens is 2. The molecule has 10 rings (SSSR count). The Bertz CT molecular complexity index is 3080. The van der Waals surface area contributed by atoms with E-state index >= 15 is 0 Å². The third-order valence-electron chi connectivity index (χ3n) is 11.2. The lowest BCUT2D eigenvalue weighted by molar-refractivity contribution is 0.666. The topological polar surface area (TPSA) is 23.0 Å². The van der Waals surface area contributed by atoms with Gasteiger partial charge in [0.2, 0.25) is 0 Å². The molecule has 0 amide bonds. The molecular weight excluding hydrogens is 677 g/mol. The highest BCUT2D eigenvalue weighted by Gasteiger charge is 2.23. The number of benzene rings is 7. The molecule has 0 fully saturated rings. The summed E-state index contributed by atoms with van der Waals surface area (Å²) in [6.45, 7) is 14.6. The van der Waals surface area contributed by atoms with Crippen LogP contribution in [0.4, 0.5) is 0 Å². The van der Waals surface area contributed by atoms with Crippen LogP contribution in [0, 0.1) is 0 Å². The van der Waals surface area contributed by atoms with Gasteiger partial charge >= 0.3 is 0 Å². The Kier molecular flexibility index (Phi) is 6.92. The Morgan fingerprint density at radius 1 is 0.396 bits per heavy atom. The van der Waals surface area contributed by atoms with Crippen molar-refractivity contribution in [1.82, 2.24) is 9.13 Å². The second-order valence-corrected chi connectivity index (χ2v) is 26.8. The molecule has 0 saturated carbocycles. The molecule has 0 N–H and O–H groups in total. The molecule has 0 radical (unpaired) electrons. The van der Waals surface area contributed by atoms with Crippen LogP contribution < -0.4 is 10.4 Å². The van der Waals surface area contributed by atoms with Gasteiger partial charge in [-0.1, -0.05) is 141 Å². The van der Waals surface area contributed by atoms with E-state index in [9.17, 15) is 0 Å². The van der Waals surface area contributed by atoms with Gasteiger partial charge in [0, 0.05) is 38.0 Å². The average molecular weight is 719 g/mol. The summed E-state index contributed by atoms with van der Waals surface area (Å²) >= 11 is 0. The van der Waals surface area contributed by atoms with Crippen LogP contribution in [0.15, 0.2) is 150 Å². The normalized spacial score (nSPS) is 12.7. The first-order valence-corrected chi connectivity index (χ1v) is 25.7. The maximum absolute atomic E-state index is 6.65. The number of fused-ring (bicyclic) bond motifs is 9. The van der Waals surface area contributed by atoms with E-state index in [0.717, 1.165) is 27.6 Å². The van der Waals surface area contributed by atoms with Crippen LogP contribution in [0.3, 0.4) is 0 Å². The lowest BCUT2D eigenvalue weighted by atomic mass is 10.0. The van der Waals surface area contributed by atoms with Crippen molar-refractivity contribution < 1.29 is 4.42 Å². The maximum Gasteiger partial charge on any atom is 0.159 e. The van der Waals surface area contributed by atoms with Gasteiger partial charge in [-0.05, 0) is 65.7 Å². The van der Waals surface area contributed by atoms with Gasteiger partial charge in [0.25, 0.3) is 0 Å². The molecule has 0 aliphatic carbocycles. The van der Waals surface area contributed by atoms with E-state index in [1.165, 1.54) is 70.8 Å². The van der Waals surface area contributed by atoms with Crippen molar-refractivity contribution in [3.63, 3.8) is 0 Å². The van der Waals surface area contributed by atoms with Crippen molar-refractivity contribution in [2.45, 2.75) is 39.3 Å². The highest BCUT2D eigenvalue weighted by molar-refractivity contribution is 6.89. The predicted molar refractivity (Wildman–Crippen MR) is 234 cm³/mol. The van der Waals surface area contributed by atoms with Crippen LogP contribution >= 0.6 is 0 Å². The molecule has 0 aliphatic heterocycles. The molecule has 53 heavy (non-hydrogen) atoms. The Hall–Kier alpha value is -5.63. The molecule has 0 spiro atoms. The van der Waals surface area contributed by atoms with Crippen molar-refractivity contribution >= 4 is 92.1 Å². The van der Waals surface area contributed by atoms with Gasteiger partial charge in [0.05, 0.1) is 43.9 Å². The molecule has 5 heteroatoms. The fourth-order valence-electron chi connectivity index (χ4n) is 8.36. The van der Waals surface area contributed by atoms with Crippen LogP contribution in [0.2, 0.25) is 39.3 Å². The van der Waals surface area contributed by atoms with Gasteiger partial charge in [0.15, 0.2) is 5.58 Å². The van der Waals surface area contributed by atoms with Crippen molar-refractivity contribution in [3.05, 3.63) is 146 Å². The van der Waals surface area contributed by atoms with Crippen molar-refractivity contribution in [3.8, 4) is 22.5 Å². The van der Waals surface area contributed by atoms with E-state index in [4.69, 9.17) is 4.42 Å². The van der Waals surface area contributed by atoms with Crippen LogP contribution in [-0.2, 0) is 0 Å². The Morgan fingerprint density at radius 3 is 1.68 bits per heavy atom. The Morgan fingerprint density at radius 2 is 0.962 bits per heavy atom. The van der Waals surface area contributed by atoms with E-state index in [1.807, 2.05) is 0 Å². The van der Waals surface area contributed by atoms with E-state index in [1.54, 1.807) is 0 Å². The minimum atomic E-state index is -1.55. The third kappa shape index (κ3) is 4.98. The minimum Gasteiger partial charge on any atom is -0.454 e. The van der Waals surface area contributed by atoms with Gasteiger partial charge in [-0.25, -0.2) is 0 Å². The zero-order chi connectivity index (χ0) is 36.2. The van der Waals surface area contributed by atoms with E-state index in [0.29, 0.717) is 0 Å². The first-order valence-electron chi connectivity index (χ1n) is 18.7. The highest BCUT2D eigenvalue weighted by atomic mass is 28.3. The zero-order valence-corrected chi connectivity index (χ0v) is 33.2. The molecular formula is C48H42N2OSi2. The summed E-state index contributed by atoms with van der Waals surface area (Å²) in [6.07, 6.45) is 0. The van der Waals surface area contributed by atoms with Crippen LogP contribution in [0.5, 0.6) is 0 Å². The molecule has 0 unspecified atom stereocenters. The molecule has 0 aliphatic rings. The second-order valence-electron chi connectivity index (χ2n) is 16.7. The van der Waals surface area contributed by atoms with Gasteiger partial charge in [-0.2, -0.15) is 0 Å². The van der Waals surface area contributed by atoms with Gasteiger partial charge in [0.1, 0.15) is 5.58 Å². The first kappa shape index (κ1) is 32.1.